The molecule has 1 aromatic heterocycles. The summed E-state index contributed by atoms with van der Waals surface area (Å²) in [5, 5.41) is 9.06. The monoisotopic (exact) mass is 443 g/mol. The number of carboxylic acids is 1. The molecule has 3 aliphatic rings. The van der Waals surface area contributed by atoms with Crippen LogP contribution in [0, 0.1) is 23.6 Å². The van der Waals surface area contributed by atoms with E-state index >= 15 is 0 Å². The number of carbonyl (C=O) groups is 2. The van der Waals surface area contributed by atoms with E-state index < -0.39 is 11.8 Å². The van der Waals surface area contributed by atoms with Crippen molar-refractivity contribution in [3.63, 3.8) is 0 Å². The van der Waals surface area contributed by atoms with Crippen molar-refractivity contribution in [1.29, 1.82) is 0 Å². The predicted octanol–water partition coefficient (Wildman–Crippen LogP) is 4.10. The number of nitrogens with zero attached hydrogens (tertiary/aromatic N) is 3. The van der Waals surface area contributed by atoms with Crippen LogP contribution in [0.2, 0.25) is 5.02 Å². The first-order valence-corrected chi connectivity index (χ1v) is 10.8. The van der Waals surface area contributed by atoms with Gasteiger partial charge in [0.15, 0.2) is 0 Å². The Balaban J connectivity index is 1.37. The van der Waals surface area contributed by atoms with Crippen LogP contribution >= 0.6 is 11.6 Å². The Labute approximate surface area is 184 Å². The highest BCUT2D eigenvalue weighted by Crippen LogP contribution is 2.53. The van der Waals surface area contributed by atoms with Crippen molar-refractivity contribution in [3.05, 3.63) is 52.6 Å². The smallest absolute Gasteiger partial charge is 0.303 e. The maximum Gasteiger partial charge on any atom is 0.303 e. The number of carbonyl (C=O) groups excluding carboxylic acids is 1. The molecule has 31 heavy (non-hydrogen) atoms. The molecule has 1 saturated carbocycles. The van der Waals surface area contributed by atoms with Gasteiger partial charge in [0.1, 0.15) is 11.5 Å². The molecule has 1 saturated heterocycles. The van der Waals surface area contributed by atoms with Crippen molar-refractivity contribution >= 4 is 34.9 Å². The highest BCUT2D eigenvalue weighted by Gasteiger charge is 2.57. The summed E-state index contributed by atoms with van der Waals surface area (Å²) in [7, 11) is 0. The third kappa shape index (κ3) is 3.35. The molecule has 3 heterocycles. The summed E-state index contributed by atoms with van der Waals surface area (Å²) < 4.78 is 14.0. The molecule has 8 heteroatoms. The number of hydrogen-bond acceptors (Lipinski definition) is 4. The lowest BCUT2D eigenvalue weighted by Crippen LogP contribution is -2.33. The maximum absolute atomic E-state index is 14.0. The highest BCUT2D eigenvalue weighted by atomic mass is 35.5. The molecule has 162 valence electrons. The van der Waals surface area contributed by atoms with Crippen LogP contribution in [0.3, 0.4) is 0 Å². The number of likely N-dealkylation sites (tertiary alicyclic amines) is 1. The minimum Gasteiger partial charge on any atom is -0.481 e. The fraction of sp³-hybridized carbons (Fsp3) is 0.435. The van der Waals surface area contributed by atoms with E-state index in [1.54, 1.807) is 23.1 Å². The molecule has 2 fully saturated rings. The van der Waals surface area contributed by atoms with Crippen LogP contribution in [0.15, 0.2) is 30.3 Å². The maximum atomic E-state index is 14.0. The Bertz CT molecular complexity index is 1090. The molecule has 2 aromatic rings. The molecule has 6 nitrogen and oxygen atoms in total. The number of aliphatic carboxylic acids is 1. The fourth-order valence-electron chi connectivity index (χ4n) is 5.21. The van der Waals surface area contributed by atoms with E-state index in [-0.39, 0.29) is 28.7 Å². The van der Waals surface area contributed by atoms with Gasteiger partial charge in [-0.05, 0) is 48.1 Å². The van der Waals surface area contributed by atoms with Gasteiger partial charge in [0.05, 0.1) is 16.4 Å². The molecular weight excluding hydrogens is 421 g/mol. The molecule has 5 rings (SSSR count). The third-order valence-electron chi connectivity index (χ3n) is 6.86. The van der Waals surface area contributed by atoms with Crippen LogP contribution in [0.1, 0.15) is 36.5 Å². The number of rotatable bonds is 4. The molecule has 2 unspecified atom stereocenters. The van der Waals surface area contributed by atoms with Gasteiger partial charge in [-0.1, -0.05) is 25.4 Å². The number of benzene rings is 1. The van der Waals surface area contributed by atoms with E-state index in [9.17, 15) is 14.0 Å². The third-order valence-corrected chi connectivity index (χ3v) is 7.17. The first kappa shape index (κ1) is 20.2. The average Bonchev–Trinajstić information content (AvgIpc) is 3.06. The fourth-order valence-corrected chi connectivity index (χ4v) is 5.32. The normalized spacial score (nSPS) is 25.4. The molecule has 0 radical (unpaired) electrons. The second-order valence-corrected chi connectivity index (χ2v) is 9.84. The van der Waals surface area contributed by atoms with E-state index in [1.165, 1.54) is 6.07 Å². The van der Waals surface area contributed by atoms with Crippen LogP contribution in [0.25, 0.3) is 0 Å². The lowest BCUT2D eigenvalue weighted by Gasteiger charge is -2.22. The van der Waals surface area contributed by atoms with Gasteiger partial charge >= 0.3 is 5.97 Å². The van der Waals surface area contributed by atoms with E-state index in [0.717, 1.165) is 11.4 Å². The van der Waals surface area contributed by atoms with E-state index in [0.29, 0.717) is 42.9 Å². The Hall–Kier alpha value is -2.67. The first-order chi connectivity index (χ1) is 14.7. The van der Waals surface area contributed by atoms with Crippen molar-refractivity contribution in [2.45, 2.75) is 25.7 Å². The van der Waals surface area contributed by atoms with Crippen molar-refractivity contribution < 1.29 is 19.1 Å². The number of hydrogen-bond donors (Lipinski definition) is 1. The van der Waals surface area contributed by atoms with Crippen molar-refractivity contribution in [3.8, 4) is 0 Å². The molecule has 0 spiro atoms. The zero-order chi connectivity index (χ0) is 22.1. The Morgan fingerprint density at radius 1 is 1.23 bits per heavy atom. The summed E-state index contributed by atoms with van der Waals surface area (Å²) >= 11 is 5.83. The van der Waals surface area contributed by atoms with E-state index in [2.05, 4.69) is 13.8 Å². The molecule has 1 amide bonds. The van der Waals surface area contributed by atoms with Crippen molar-refractivity contribution in [1.82, 2.24) is 9.88 Å². The largest absolute Gasteiger partial charge is 0.481 e. The molecule has 0 bridgehead atoms. The number of piperidine rings is 1. The van der Waals surface area contributed by atoms with Gasteiger partial charge in [0, 0.05) is 37.2 Å². The second-order valence-electron chi connectivity index (χ2n) is 9.43. The van der Waals surface area contributed by atoms with Crippen molar-refractivity contribution in [2.24, 2.45) is 17.8 Å². The van der Waals surface area contributed by atoms with Crippen LogP contribution < -0.4 is 4.90 Å². The van der Waals surface area contributed by atoms with Crippen LogP contribution in [0.5, 0.6) is 0 Å². The van der Waals surface area contributed by atoms with Crippen LogP contribution in [-0.2, 0) is 10.2 Å². The minimum atomic E-state index is -0.773. The lowest BCUT2D eigenvalue weighted by atomic mass is 9.91. The molecule has 2 atom stereocenters. The van der Waals surface area contributed by atoms with Gasteiger partial charge in [0.2, 0.25) is 0 Å². The van der Waals surface area contributed by atoms with Crippen LogP contribution in [0.4, 0.5) is 15.8 Å². The standard InChI is InChI=1S/C23H23ClFN3O3/c1-23(2)11-28(12-3-4-16(24)17(25)7-12)19-6-5-18(26-21(19)23)22(31)27-9-14-13(8-20(29)30)15(14)10-27/h3-7,13-15H,8-11H2,1-2H3,(H,29,30). The zero-order valence-corrected chi connectivity index (χ0v) is 18.1. The molecule has 1 aliphatic carbocycles. The van der Waals surface area contributed by atoms with Crippen LogP contribution in [-0.4, -0.2) is 46.5 Å². The SMILES string of the molecule is CC1(C)CN(c2ccc(Cl)c(F)c2)c2ccc(C(=O)N3CC4C(CC(=O)O)C4C3)nc21. The molecule has 1 aromatic carbocycles. The number of anilines is 2. The summed E-state index contributed by atoms with van der Waals surface area (Å²) in [4.78, 5) is 32.5. The summed E-state index contributed by atoms with van der Waals surface area (Å²) in [6.07, 6.45) is 0.184. The van der Waals surface area contributed by atoms with Gasteiger partial charge in [-0.3, -0.25) is 9.59 Å². The number of pyridine rings is 1. The van der Waals surface area contributed by atoms with Gasteiger partial charge in [-0.25, -0.2) is 9.37 Å². The van der Waals surface area contributed by atoms with E-state index in [4.69, 9.17) is 21.7 Å². The number of aromatic nitrogens is 1. The first-order valence-electron chi connectivity index (χ1n) is 10.4. The lowest BCUT2D eigenvalue weighted by molar-refractivity contribution is -0.137. The molecular formula is C23H23ClFN3O3. The average molecular weight is 444 g/mol. The zero-order valence-electron chi connectivity index (χ0n) is 17.3. The summed E-state index contributed by atoms with van der Waals surface area (Å²) in [5.41, 5.74) is 2.43. The molecule has 2 aliphatic heterocycles. The Kier molecular flexibility index (Phi) is 4.52. The highest BCUT2D eigenvalue weighted by molar-refractivity contribution is 6.30. The van der Waals surface area contributed by atoms with E-state index in [1.807, 2.05) is 11.0 Å². The van der Waals surface area contributed by atoms with Crippen molar-refractivity contribution in [2.75, 3.05) is 24.5 Å². The number of amides is 1. The number of carboxylic acid groups (broad SMARTS) is 1. The van der Waals surface area contributed by atoms with Gasteiger partial charge in [-0.15, -0.1) is 0 Å². The minimum absolute atomic E-state index is 0.0794. The Morgan fingerprint density at radius 2 is 1.94 bits per heavy atom. The predicted molar refractivity (Wildman–Crippen MR) is 114 cm³/mol. The summed E-state index contributed by atoms with van der Waals surface area (Å²) in [6.45, 7) is 5.92. The van der Waals surface area contributed by atoms with Gasteiger partial charge < -0.3 is 14.9 Å². The second kappa shape index (κ2) is 6.92. The van der Waals surface area contributed by atoms with Gasteiger partial charge in [-0.2, -0.15) is 0 Å². The number of fused-ring (bicyclic) bond motifs is 2. The van der Waals surface area contributed by atoms with Gasteiger partial charge in [0.25, 0.3) is 5.91 Å². The quantitative estimate of drug-likeness (QED) is 0.770. The Morgan fingerprint density at radius 3 is 2.58 bits per heavy atom. The summed E-state index contributed by atoms with van der Waals surface area (Å²) in [5.74, 6) is -0.580. The summed E-state index contributed by atoms with van der Waals surface area (Å²) in [6, 6.07) is 8.33. The topological polar surface area (TPSA) is 73.7 Å². The number of halogens is 2. The molecule has 1 N–H and O–H groups in total.